The van der Waals surface area contributed by atoms with Crippen molar-refractivity contribution in [2.45, 2.75) is 18.7 Å². The van der Waals surface area contributed by atoms with Crippen molar-refractivity contribution in [1.29, 1.82) is 0 Å². The molecule has 0 heterocycles. The Kier molecular flexibility index (Phi) is 8.95. The van der Waals surface area contributed by atoms with Crippen molar-refractivity contribution in [2.24, 2.45) is 0 Å². The second kappa shape index (κ2) is 11.4. The van der Waals surface area contributed by atoms with Gasteiger partial charge in [0.1, 0.15) is 18.2 Å². The summed E-state index contributed by atoms with van der Waals surface area (Å²) in [5.74, 6) is -0.881. The number of halogens is 1. The van der Waals surface area contributed by atoms with Gasteiger partial charge in [0.2, 0.25) is 15.9 Å². The monoisotopic (exact) mass is 451 g/mol. The third-order valence-electron chi connectivity index (χ3n) is 4.36. The van der Waals surface area contributed by atoms with E-state index in [9.17, 15) is 22.4 Å². The van der Waals surface area contributed by atoms with E-state index in [1.807, 2.05) is 0 Å². The minimum absolute atomic E-state index is 0.0197. The normalized spacial score (nSPS) is 11.2. The zero-order valence-corrected chi connectivity index (χ0v) is 18.2. The molecule has 31 heavy (non-hydrogen) atoms. The number of carbonyl (C=O) groups is 2. The first kappa shape index (κ1) is 24.3. The van der Waals surface area contributed by atoms with E-state index in [0.717, 1.165) is 0 Å². The summed E-state index contributed by atoms with van der Waals surface area (Å²) in [5.41, 5.74) is 0.140. The van der Waals surface area contributed by atoms with Gasteiger partial charge in [-0.05, 0) is 42.5 Å². The second-order valence-electron chi connectivity index (χ2n) is 6.45. The molecular weight excluding hydrogens is 425 g/mol. The minimum Gasteiger partial charge on any atom is -0.492 e. The minimum atomic E-state index is -3.69. The van der Waals surface area contributed by atoms with Crippen molar-refractivity contribution in [1.82, 2.24) is 14.9 Å². The summed E-state index contributed by atoms with van der Waals surface area (Å²) in [4.78, 5) is 24.2. The Balaban J connectivity index is 1.82. The molecule has 0 radical (unpaired) electrons. The van der Waals surface area contributed by atoms with E-state index < -0.39 is 21.8 Å². The lowest BCUT2D eigenvalue weighted by Crippen LogP contribution is -2.38. The van der Waals surface area contributed by atoms with Crippen LogP contribution in [0.15, 0.2) is 53.4 Å². The molecule has 0 unspecified atom stereocenters. The molecule has 2 aromatic rings. The first-order valence-electron chi connectivity index (χ1n) is 9.81. The number of nitrogens with one attached hydrogen (secondary N) is 2. The molecule has 2 N–H and O–H groups in total. The number of benzene rings is 2. The van der Waals surface area contributed by atoms with Gasteiger partial charge in [0.05, 0.1) is 18.0 Å². The lowest BCUT2D eigenvalue weighted by Gasteiger charge is -2.18. The maximum atomic E-state index is 12.8. The lowest BCUT2D eigenvalue weighted by molar-refractivity contribution is -0.120. The number of amides is 2. The van der Waals surface area contributed by atoms with E-state index in [-0.39, 0.29) is 36.0 Å². The molecular formula is C21H26FN3O5S. The number of ether oxygens (including phenoxy) is 1. The highest BCUT2D eigenvalue weighted by Crippen LogP contribution is 2.17. The van der Waals surface area contributed by atoms with Crippen LogP contribution in [0.2, 0.25) is 0 Å². The fraction of sp³-hybridized carbons (Fsp3) is 0.333. The molecule has 2 rings (SSSR count). The molecule has 0 aliphatic carbocycles. The van der Waals surface area contributed by atoms with Gasteiger partial charge < -0.3 is 15.4 Å². The van der Waals surface area contributed by atoms with E-state index in [2.05, 4.69) is 10.6 Å². The molecule has 0 bridgehead atoms. The van der Waals surface area contributed by atoms with Crippen LogP contribution in [0.3, 0.4) is 0 Å². The van der Waals surface area contributed by atoms with E-state index >= 15 is 0 Å². The molecule has 168 valence electrons. The van der Waals surface area contributed by atoms with Crippen LogP contribution in [-0.2, 0) is 14.8 Å². The van der Waals surface area contributed by atoms with Crippen LogP contribution in [0, 0.1) is 5.82 Å². The van der Waals surface area contributed by atoms with E-state index in [1.54, 1.807) is 13.8 Å². The van der Waals surface area contributed by atoms with Crippen LogP contribution in [0.5, 0.6) is 5.75 Å². The Morgan fingerprint density at radius 2 is 1.71 bits per heavy atom. The van der Waals surface area contributed by atoms with Crippen LogP contribution in [-0.4, -0.2) is 57.3 Å². The number of hydrogen-bond acceptors (Lipinski definition) is 5. The molecule has 0 fully saturated rings. The predicted octanol–water partition coefficient (Wildman–Crippen LogP) is 1.78. The molecule has 2 aromatic carbocycles. The highest BCUT2D eigenvalue weighted by molar-refractivity contribution is 7.89. The fourth-order valence-electron chi connectivity index (χ4n) is 2.73. The summed E-state index contributed by atoms with van der Waals surface area (Å²) < 4.78 is 44.7. The second-order valence-corrected chi connectivity index (χ2v) is 8.39. The van der Waals surface area contributed by atoms with Crippen LogP contribution in [0.1, 0.15) is 24.2 Å². The summed E-state index contributed by atoms with van der Waals surface area (Å²) in [6.07, 6.45) is 0. The predicted molar refractivity (Wildman–Crippen MR) is 114 cm³/mol. The molecule has 0 spiro atoms. The van der Waals surface area contributed by atoms with Gasteiger partial charge in [-0.1, -0.05) is 19.9 Å². The maximum absolute atomic E-state index is 12.8. The quantitative estimate of drug-likeness (QED) is 0.507. The number of nitrogens with zero attached hydrogens (tertiary/aromatic N) is 1. The maximum Gasteiger partial charge on any atom is 0.251 e. The third-order valence-corrected chi connectivity index (χ3v) is 6.40. The Bertz CT molecular complexity index is 992. The molecule has 0 saturated heterocycles. The molecule has 2 amide bonds. The van der Waals surface area contributed by atoms with Crippen molar-refractivity contribution in [3.05, 3.63) is 59.9 Å². The van der Waals surface area contributed by atoms with Gasteiger partial charge in [0, 0.05) is 18.7 Å². The van der Waals surface area contributed by atoms with Gasteiger partial charge >= 0.3 is 0 Å². The van der Waals surface area contributed by atoms with Crippen molar-refractivity contribution < 1.29 is 27.1 Å². The fourth-order valence-corrected chi connectivity index (χ4v) is 4.23. The number of sulfonamides is 1. The smallest absolute Gasteiger partial charge is 0.251 e. The summed E-state index contributed by atoms with van der Waals surface area (Å²) in [6, 6.07) is 11.2. The SMILES string of the molecule is CCN(CC)S(=O)(=O)c1cccc(C(=O)NCC(=O)NCCOc2ccc(F)cc2)c1. The standard InChI is InChI=1S/C21H26FN3O5S/c1-3-25(4-2)31(28,29)19-7-5-6-16(14-19)21(27)24-15-20(26)23-12-13-30-18-10-8-17(22)9-11-18/h5-11,14H,3-4,12-13,15H2,1-2H3,(H,23,26)(H,24,27). The summed E-state index contributed by atoms with van der Waals surface area (Å²) in [7, 11) is -3.69. The average Bonchev–Trinajstić information content (AvgIpc) is 2.77. The molecule has 0 atom stereocenters. The van der Waals surface area contributed by atoms with E-state index in [0.29, 0.717) is 18.8 Å². The molecule has 0 aromatic heterocycles. The first-order valence-corrected chi connectivity index (χ1v) is 11.3. The van der Waals surface area contributed by atoms with E-state index in [1.165, 1.54) is 52.8 Å². The van der Waals surface area contributed by atoms with Gasteiger partial charge in [-0.2, -0.15) is 4.31 Å². The lowest BCUT2D eigenvalue weighted by atomic mass is 10.2. The number of rotatable bonds is 11. The number of hydrogen-bond donors (Lipinski definition) is 2. The Morgan fingerprint density at radius 1 is 1.03 bits per heavy atom. The van der Waals surface area contributed by atoms with Crippen LogP contribution in [0.4, 0.5) is 4.39 Å². The van der Waals surface area contributed by atoms with Crippen LogP contribution < -0.4 is 15.4 Å². The van der Waals surface area contributed by atoms with Gasteiger partial charge in [-0.3, -0.25) is 9.59 Å². The van der Waals surface area contributed by atoms with Crippen LogP contribution >= 0.6 is 0 Å². The summed E-state index contributed by atoms with van der Waals surface area (Å²) >= 11 is 0. The largest absolute Gasteiger partial charge is 0.492 e. The van der Waals surface area contributed by atoms with Crippen molar-refractivity contribution in [3.8, 4) is 5.75 Å². The molecule has 0 aliphatic heterocycles. The van der Waals surface area contributed by atoms with Gasteiger partial charge in [-0.25, -0.2) is 12.8 Å². The number of carbonyl (C=O) groups excluding carboxylic acids is 2. The highest BCUT2D eigenvalue weighted by atomic mass is 32.2. The Hall–Kier alpha value is -2.98. The average molecular weight is 452 g/mol. The first-order chi connectivity index (χ1) is 14.8. The topological polar surface area (TPSA) is 105 Å². The van der Waals surface area contributed by atoms with Gasteiger partial charge in [0.15, 0.2) is 0 Å². The van der Waals surface area contributed by atoms with Crippen molar-refractivity contribution in [3.63, 3.8) is 0 Å². The van der Waals surface area contributed by atoms with E-state index in [4.69, 9.17) is 4.74 Å². The summed E-state index contributed by atoms with van der Waals surface area (Å²) in [5, 5.41) is 5.04. The molecule has 0 saturated carbocycles. The molecule has 10 heteroatoms. The van der Waals surface area contributed by atoms with Gasteiger partial charge in [0.25, 0.3) is 5.91 Å². The molecule has 0 aliphatic rings. The third kappa shape index (κ3) is 7.04. The highest BCUT2D eigenvalue weighted by Gasteiger charge is 2.22. The van der Waals surface area contributed by atoms with Crippen LogP contribution in [0.25, 0.3) is 0 Å². The van der Waals surface area contributed by atoms with Crippen molar-refractivity contribution in [2.75, 3.05) is 32.8 Å². The van der Waals surface area contributed by atoms with Crippen molar-refractivity contribution >= 4 is 21.8 Å². The zero-order chi connectivity index (χ0) is 22.9. The Labute approximate surface area is 181 Å². The van der Waals surface area contributed by atoms with Gasteiger partial charge in [-0.15, -0.1) is 0 Å². The Morgan fingerprint density at radius 3 is 2.35 bits per heavy atom. The zero-order valence-electron chi connectivity index (χ0n) is 17.4. The summed E-state index contributed by atoms with van der Waals surface area (Å²) in [6.45, 7) is 4.21. The molecule has 8 nitrogen and oxygen atoms in total.